The van der Waals surface area contributed by atoms with Gasteiger partial charge in [-0.3, -0.25) is 14.4 Å². The molecule has 0 saturated carbocycles. The van der Waals surface area contributed by atoms with E-state index >= 15 is 0 Å². The highest BCUT2D eigenvalue weighted by Crippen LogP contribution is 2.15. The molecule has 1 aliphatic heterocycles. The van der Waals surface area contributed by atoms with Crippen molar-refractivity contribution in [3.8, 4) is 0 Å². The maximum absolute atomic E-state index is 12.9. The van der Waals surface area contributed by atoms with Crippen LogP contribution in [0.25, 0.3) is 0 Å². The Labute approximate surface area is 171 Å². The number of carbonyl (C=O) groups excluding carboxylic acids is 3. The highest BCUT2D eigenvalue weighted by molar-refractivity contribution is 5.86. The third-order valence-corrected chi connectivity index (χ3v) is 4.73. The molecular weight excluding hydrogens is 372 g/mol. The maximum Gasteiger partial charge on any atom is 0.306 e. The number of aliphatic hydroxyl groups excluding tert-OH is 1. The van der Waals surface area contributed by atoms with E-state index in [-0.39, 0.29) is 43.9 Å². The first kappa shape index (κ1) is 22.6. The minimum Gasteiger partial charge on any atom is -0.461 e. The van der Waals surface area contributed by atoms with Gasteiger partial charge in [0.2, 0.25) is 11.8 Å². The number of hydrogen-bond acceptors (Lipinski definition) is 5. The second-order valence-electron chi connectivity index (χ2n) is 7.22. The minimum absolute atomic E-state index is 0.0528. The van der Waals surface area contributed by atoms with Crippen LogP contribution in [0.5, 0.6) is 0 Å². The molecule has 0 spiro atoms. The van der Waals surface area contributed by atoms with Crippen LogP contribution >= 0.6 is 0 Å². The van der Waals surface area contributed by atoms with E-state index in [1.807, 2.05) is 42.5 Å². The van der Waals surface area contributed by atoms with Gasteiger partial charge in [0.15, 0.2) is 0 Å². The molecule has 0 fully saturated rings. The number of amides is 2. The third-order valence-electron chi connectivity index (χ3n) is 4.73. The lowest BCUT2D eigenvalue weighted by molar-refractivity contribution is -0.148. The molecule has 2 amide bonds. The first-order valence-electron chi connectivity index (χ1n) is 10.0. The topological polar surface area (TPSA) is 95.9 Å². The Balaban J connectivity index is 2.05. The van der Waals surface area contributed by atoms with Crippen LogP contribution in [0.15, 0.2) is 42.5 Å². The van der Waals surface area contributed by atoms with Gasteiger partial charge < -0.3 is 20.1 Å². The first-order valence-corrected chi connectivity index (χ1v) is 10.0. The van der Waals surface area contributed by atoms with Crippen LogP contribution in [0.2, 0.25) is 0 Å². The smallest absolute Gasteiger partial charge is 0.306 e. The zero-order chi connectivity index (χ0) is 21.1. The maximum atomic E-state index is 12.9. The normalized spacial score (nSPS) is 20.8. The largest absolute Gasteiger partial charge is 0.461 e. The molecule has 0 aromatic heterocycles. The van der Waals surface area contributed by atoms with Crippen LogP contribution < -0.4 is 5.32 Å². The standard InChI is InChI=1S/C22H30N2O5/c1-17-15-23-22(28)19(10-6-3-7-11-21(27)29-17)14-20(26)24(12-13-25)16-18-8-4-2-5-9-18/h2-6,8-9,17,19,25H,7,10-16H2,1H3,(H,23,28). The van der Waals surface area contributed by atoms with E-state index in [9.17, 15) is 19.5 Å². The van der Waals surface area contributed by atoms with Gasteiger partial charge in [-0.15, -0.1) is 0 Å². The average Bonchev–Trinajstić information content (AvgIpc) is 2.70. The predicted octanol–water partition coefficient (Wildman–Crippen LogP) is 1.80. The number of carbonyl (C=O) groups is 3. The number of benzene rings is 1. The van der Waals surface area contributed by atoms with Gasteiger partial charge in [0, 0.05) is 25.9 Å². The number of aliphatic hydroxyl groups is 1. The molecule has 7 heteroatoms. The summed E-state index contributed by atoms with van der Waals surface area (Å²) in [7, 11) is 0. The molecule has 0 aliphatic carbocycles. The van der Waals surface area contributed by atoms with Crippen molar-refractivity contribution in [1.82, 2.24) is 10.2 Å². The number of hydrogen-bond donors (Lipinski definition) is 2. The molecule has 1 heterocycles. The van der Waals surface area contributed by atoms with E-state index in [0.717, 1.165) is 5.56 Å². The van der Waals surface area contributed by atoms with Crippen molar-refractivity contribution in [2.45, 2.75) is 45.3 Å². The summed E-state index contributed by atoms with van der Waals surface area (Å²) < 4.78 is 5.23. The lowest BCUT2D eigenvalue weighted by Gasteiger charge is -2.25. The highest BCUT2D eigenvalue weighted by Gasteiger charge is 2.25. The predicted molar refractivity (Wildman–Crippen MR) is 109 cm³/mol. The van der Waals surface area contributed by atoms with Gasteiger partial charge in [0.25, 0.3) is 0 Å². The van der Waals surface area contributed by atoms with Gasteiger partial charge in [-0.05, 0) is 25.3 Å². The number of nitrogens with one attached hydrogen (secondary N) is 1. The second-order valence-corrected chi connectivity index (χ2v) is 7.22. The SMILES string of the molecule is CC1CNC(=O)C(CC(=O)N(CCO)Cc2ccccc2)CC=CCCC(=O)O1. The number of cyclic esters (lactones) is 1. The van der Waals surface area contributed by atoms with Gasteiger partial charge in [0.1, 0.15) is 6.10 Å². The molecule has 2 atom stereocenters. The van der Waals surface area contributed by atoms with Crippen LogP contribution in [0.1, 0.15) is 38.2 Å². The van der Waals surface area contributed by atoms with E-state index in [1.165, 1.54) is 0 Å². The van der Waals surface area contributed by atoms with Crippen LogP contribution in [0.4, 0.5) is 0 Å². The molecule has 2 unspecified atom stereocenters. The fourth-order valence-corrected chi connectivity index (χ4v) is 3.13. The van der Waals surface area contributed by atoms with Crippen LogP contribution in [0.3, 0.4) is 0 Å². The number of rotatable bonds is 6. The number of esters is 1. The fraction of sp³-hybridized carbons (Fsp3) is 0.500. The number of ether oxygens (including phenoxy) is 1. The molecule has 2 N–H and O–H groups in total. The molecular formula is C22H30N2O5. The van der Waals surface area contributed by atoms with E-state index in [1.54, 1.807) is 11.8 Å². The molecule has 2 rings (SSSR count). The Morgan fingerprint density at radius 1 is 1.24 bits per heavy atom. The van der Waals surface area contributed by atoms with Crippen LogP contribution in [-0.4, -0.2) is 53.6 Å². The number of allylic oxidation sites excluding steroid dienone is 2. The fourth-order valence-electron chi connectivity index (χ4n) is 3.13. The van der Waals surface area contributed by atoms with Crippen LogP contribution in [0, 0.1) is 5.92 Å². The molecule has 0 bridgehead atoms. The Hall–Kier alpha value is -2.67. The summed E-state index contributed by atoms with van der Waals surface area (Å²) in [5.74, 6) is -1.22. The lowest BCUT2D eigenvalue weighted by atomic mass is 9.98. The summed E-state index contributed by atoms with van der Waals surface area (Å²) in [4.78, 5) is 38.7. The van der Waals surface area contributed by atoms with Gasteiger partial charge in [0.05, 0.1) is 19.1 Å². The van der Waals surface area contributed by atoms with Gasteiger partial charge in [-0.2, -0.15) is 0 Å². The Kier molecular flexibility index (Phi) is 9.37. The van der Waals surface area contributed by atoms with E-state index in [2.05, 4.69) is 5.32 Å². The molecule has 0 radical (unpaired) electrons. The molecule has 29 heavy (non-hydrogen) atoms. The average molecular weight is 402 g/mol. The molecule has 0 saturated heterocycles. The summed E-state index contributed by atoms with van der Waals surface area (Å²) in [6.07, 6.45) is 4.56. The summed E-state index contributed by atoms with van der Waals surface area (Å²) in [6.45, 7) is 2.40. The van der Waals surface area contributed by atoms with Gasteiger partial charge >= 0.3 is 5.97 Å². The van der Waals surface area contributed by atoms with Gasteiger partial charge in [-0.25, -0.2) is 0 Å². The highest BCUT2D eigenvalue weighted by atomic mass is 16.5. The third kappa shape index (κ3) is 8.07. The van der Waals surface area contributed by atoms with Gasteiger partial charge in [-0.1, -0.05) is 42.5 Å². The van der Waals surface area contributed by atoms with Crippen molar-refractivity contribution in [2.75, 3.05) is 19.7 Å². The second kappa shape index (κ2) is 12.0. The van der Waals surface area contributed by atoms with Crippen molar-refractivity contribution >= 4 is 17.8 Å². The summed E-state index contributed by atoms with van der Waals surface area (Å²) in [5.41, 5.74) is 0.966. The molecule has 7 nitrogen and oxygen atoms in total. The molecule has 1 aromatic rings. The number of nitrogens with zero attached hydrogens (tertiary/aromatic N) is 1. The first-order chi connectivity index (χ1) is 14.0. The van der Waals surface area contributed by atoms with Crippen LogP contribution in [-0.2, 0) is 25.7 Å². The van der Waals surface area contributed by atoms with E-state index in [4.69, 9.17) is 4.74 Å². The summed E-state index contributed by atoms with van der Waals surface area (Å²) >= 11 is 0. The zero-order valence-electron chi connectivity index (χ0n) is 16.9. The summed E-state index contributed by atoms with van der Waals surface area (Å²) in [6, 6.07) is 9.55. The van der Waals surface area contributed by atoms with Crippen molar-refractivity contribution in [3.63, 3.8) is 0 Å². The molecule has 1 aromatic carbocycles. The monoisotopic (exact) mass is 402 g/mol. The molecule has 1 aliphatic rings. The van der Waals surface area contributed by atoms with E-state index in [0.29, 0.717) is 25.8 Å². The quantitative estimate of drug-likeness (QED) is 0.559. The van der Waals surface area contributed by atoms with Crippen molar-refractivity contribution in [3.05, 3.63) is 48.0 Å². The lowest BCUT2D eigenvalue weighted by Crippen LogP contribution is -2.40. The molecule has 158 valence electrons. The zero-order valence-corrected chi connectivity index (χ0v) is 16.9. The van der Waals surface area contributed by atoms with Crippen molar-refractivity contribution in [2.24, 2.45) is 5.92 Å². The minimum atomic E-state index is -0.516. The Morgan fingerprint density at radius 2 is 2.00 bits per heavy atom. The van der Waals surface area contributed by atoms with E-state index < -0.39 is 12.0 Å². The van der Waals surface area contributed by atoms with Crippen molar-refractivity contribution < 1.29 is 24.2 Å². The Bertz CT molecular complexity index is 704. The van der Waals surface area contributed by atoms with Crippen molar-refractivity contribution in [1.29, 1.82) is 0 Å². The Morgan fingerprint density at radius 3 is 2.72 bits per heavy atom. The summed E-state index contributed by atoms with van der Waals surface area (Å²) in [5, 5.41) is 12.1.